The Balaban J connectivity index is 0.000000138. The number of ether oxygens (including phenoxy) is 1. The number of fused-ring (bicyclic) bond motifs is 1. The maximum absolute atomic E-state index is 10.7. The largest absolute Gasteiger partial charge is 0.448 e. The van der Waals surface area contributed by atoms with Gasteiger partial charge in [0.25, 0.3) is 5.91 Å². The maximum Gasteiger partial charge on any atom is 0.407 e. The number of benzene rings is 1. The molecule has 0 bridgehead atoms. The van der Waals surface area contributed by atoms with Gasteiger partial charge in [-0.25, -0.2) is 9.79 Å². The number of alkyl carbamates (subject to hydrolysis) is 1. The highest BCUT2D eigenvalue weighted by Crippen LogP contribution is 1.82. The molecule has 0 spiro atoms. The van der Waals surface area contributed by atoms with Crippen molar-refractivity contribution in [1.29, 1.82) is 0 Å². The van der Waals surface area contributed by atoms with Crippen molar-refractivity contribution in [2.75, 3.05) is 13.2 Å². The predicted octanol–water partition coefficient (Wildman–Crippen LogP) is -0.647. The molecule has 1 fully saturated rings. The van der Waals surface area contributed by atoms with Crippen LogP contribution in [0.1, 0.15) is 0 Å². The third-order valence-electron chi connectivity index (χ3n) is 2.05. The van der Waals surface area contributed by atoms with E-state index in [0.717, 1.165) is 10.6 Å². The van der Waals surface area contributed by atoms with E-state index in [2.05, 4.69) is 15.0 Å². The minimum Gasteiger partial charge on any atom is -0.448 e. The minimum absolute atomic E-state index is 0.152. The summed E-state index contributed by atoms with van der Waals surface area (Å²) in [6.07, 6.45) is 1.24. The fourth-order valence-electron chi connectivity index (χ4n) is 1.34. The van der Waals surface area contributed by atoms with Gasteiger partial charge >= 0.3 is 6.09 Å². The summed E-state index contributed by atoms with van der Waals surface area (Å²) in [6.45, 7) is 1.19. The quantitative estimate of drug-likeness (QED) is 0.629. The van der Waals surface area contributed by atoms with Gasteiger partial charge in [0.2, 0.25) is 0 Å². The molecule has 2 amide bonds. The number of cyclic esters (lactones) is 1. The molecule has 1 aromatic carbocycles. The van der Waals surface area contributed by atoms with E-state index in [1.807, 2.05) is 24.3 Å². The van der Waals surface area contributed by atoms with Gasteiger partial charge in [-0.2, -0.15) is 0 Å². The normalized spacial score (nSPS) is 16.0. The van der Waals surface area contributed by atoms with Gasteiger partial charge in [0.1, 0.15) is 6.61 Å². The van der Waals surface area contributed by atoms with E-state index >= 15 is 0 Å². The van der Waals surface area contributed by atoms with Gasteiger partial charge in [-0.05, 0) is 6.07 Å². The molecule has 2 heterocycles. The first-order valence-corrected chi connectivity index (χ1v) is 4.86. The van der Waals surface area contributed by atoms with E-state index in [4.69, 9.17) is 0 Å². The van der Waals surface area contributed by atoms with E-state index in [1.54, 1.807) is 0 Å². The third-order valence-corrected chi connectivity index (χ3v) is 2.05. The van der Waals surface area contributed by atoms with E-state index < -0.39 is 0 Å². The van der Waals surface area contributed by atoms with Crippen LogP contribution in [0.25, 0.3) is 6.08 Å². The van der Waals surface area contributed by atoms with Crippen LogP contribution in [-0.2, 0) is 9.53 Å². The number of rotatable bonds is 0. The molecular formula is C11H10N2O3. The Labute approximate surface area is 91.4 Å². The third kappa shape index (κ3) is 2.44. The zero-order valence-electron chi connectivity index (χ0n) is 8.47. The SMILES string of the molecule is O=C1C=c2ccccc2=N1.O=C1NCCO1. The molecule has 0 radical (unpaired) electrons. The van der Waals surface area contributed by atoms with Crippen molar-refractivity contribution >= 4 is 18.1 Å². The van der Waals surface area contributed by atoms with Crippen LogP contribution in [0.15, 0.2) is 29.3 Å². The van der Waals surface area contributed by atoms with Crippen molar-refractivity contribution in [2.45, 2.75) is 0 Å². The second-order valence-corrected chi connectivity index (χ2v) is 3.22. The minimum atomic E-state index is -0.296. The molecule has 5 heteroatoms. The molecule has 1 saturated heterocycles. The molecule has 0 aromatic heterocycles. The average Bonchev–Trinajstić information content (AvgIpc) is 2.86. The first kappa shape index (κ1) is 10.4. The zero-order valence-corrected chi connectivity index (χ0v) is 8.47. The maximum atomic E-state index is 10.7. The number of nitrogens with one attached hydrogen (secondary N) is 1. The lowest BCUT2D eigenvalue weighted by atomic mass is 10.3. The van der Waals surface area contributed by atoms with Crippen molar-refractivity contribution in [2.24, 2.45) is 4.99 Å². The Morgan fingerprint density at radius 3 is 2.62 bits per heavy atom. The highest BCUT2D eigenvalue weighted by molar-refractivity contribution is 6.06. The average molecular weight is 218 g/mol. The summed E-state index contributed by atoms with van der Waals surface area (Å²) in [7, 11) is 0. The lowest BCUT2D eigenvalue weighted by molar-refractivity contribution is -0.112. The van der Waals surface area contributed by atoms with E-state index in [-0.39, 0.29) is 12.0 Å². The summed E-state index contributed by atoms with van der Waals surface area (Å²) < 4.78 is 4.40. The molecular weight excluding hydrogens is 208 g/mol. The molecule has 16 heavy (non-hydrogen) atoms. The Bertz CT molecular complexity index is 491. The van der Waals surface area contributed by atoms with Crippen molar-refractivity contribution in [3.63, 3.8) is 0 Å². The van der Waals surface area contributed by atoms with Crippen LogP contribution in [0, 0.1) is 0 Å². The Morgan fingerprint density at radius 1 is 1.25 bits per heavy atom. The van der Waals surface area contributed by atoms with Crippen molar-refractivity contribution in [3.05, 3.63) is 34.8 Å². The Kier molecular flexibility index (Phi) is 2.95. The van der Waals surface area contributed by atoms with Crippen LogP contribution < -0.4 is 15.9 Å². The van der Waals surface area contributed by atoms with Gasteiger partial charge in [-0.3, -0.25) is 4.79 Å². The van der Waals surface area contributed by atoms with Crippen LogP contribution in [-0.4, -0.2) is 25.2 Å². The highest BCUT2D eigenvalue weighted by atomic mass is 16.6. The van der Waals surface area contributed by atoms with Gasteiger partial charge in [-0.15, -0.1) is 0 Å². The van der Waals surface area contributed by atoms with Crippen LogP contribution in [0.4, 0.5) is 4.79 Å². The summed E-state index contributed by atoms with van der Waals surface area (Å²) in [4.78, 5) is 24.3. The number of amides is 2. The van der Waals surface area contributed by atoms with Crippen LogP contribution in [0.3, 0.4) is 0 Å². The molecule has 0 atom stereocenters. The van der Waals surface area contributed by atoms with Gasteiger partial charge < -0.3 is 10.1 Å². The molecule has 1 N–H and O–H groups in total. The fourth-order valence-corrected chi connectivity index (χ4v) is 1.34. The second-order valence-electron chi connectivity index (χ2n) is 3.22. The topological polar surface area (TPSA) is 67.8 Å². The summed E-state index contributed by atoms with van der Waals surface area (Å²) in [6, 6.07) is 7.47. The summed E-state index contributed by atoms with van der Waals surface area (Å²) >= 11 is 0. The Hall–Kier alpha value is -2.17. The van der Waals surface area contributed by atoms with Crippen LogP contribution >= 0.6 is 0 Å². The van der Waals surface area contributed by atoms with Crippen LogP contribution in [0.2, 0.25) is 0 Å². The highest BCUT2D eigenvalue weighted by Gasteiger charge is 2.06. The zero-order chi connectivity index (χ0) is 11.4. The van der Waals surface area contributed by atoms with Crippen molar-refractivity contribution in [1.82, 2.24) is 5.32 Å². The molecule has 3 rings (SSSR count). The summed E-state index contributed by atoms with van der Waals surface area (Å²) in [5.41, 5.74) is 0. The fraction of sp³-hybridized carbons (Fsp3) is 0.182. The van der Waals surface area contributed by atoms with Gasteiger partial charge in [-0.1, -0.05) is 18.2 Å². The number of carbonyl (C=O) groups is 2. The molecule has 0 unspecified atom stereocenters. The molecule has 0 aliphatic carbocycles. The van der Waals surface area contributed by atoms with Crippen molar-refractivity contribution in [3.8, 4) is 0 Å². The standard InChI is InChI=1S/C8H5NO.C3H5NO2/c10-8-5-6-3-1-2-4-7(6)9-8;5-3-4-1-2-6-3/h1-5H;1-2H2,(H,4,5). The first-order valence-electron chi connectivity index (χ1n) is 4.86. The molecule has 0 saturated carbocycles. The molecule has 2 aliphatic rings. The number of carbonyl (C=O) groups excluding carboxylic acids is 2. The summed E-state index contributed by atoms with van der Waals surface area (Å²) in [5, 5.41) is 4.17. The van der Waals surface area contributed by atoms with Crippen LogP contribution in [0.5, 0.6) is 0 Å². The van der Waals surface area contributed by atoms with Gasteiger partial charge in [0, 0.05) is 11.3 Å². The van der Waals surface area contributed by atoms with Gasteiger partial charge in [0.15, 0.2) is 0 Å². The van der Waals surface area contributed by atoms with Crippen molar-refractivity contribution < 1.29 is 14.3 Å². The van der Waals surface area contributed by atoms with E-state index in [0.29, 0.717) is 13.2 Å². The smallest absolute Gasteiger partial charge is 0.407 e. The number of hydrogen-bond donors (Lipinski definition) is 1. The molecule has 2 aliphatic heterocycles. The van der Waals surface area contributed by atoms with Gasteiger partial charge in [0.05, 0.1) is 11.9 Å². The monoisotopic (exact) mass is 218 g/mol. The number of nitrogens with zero attached hydrogens (tertiary/aromatic N) is 1. The molecule has 82 valence electrons. The lowest BCUT2D eigenvalue weighted by Gasteiger charge is -1.80. The molecule has 5 nitrogen and oxygen atoms in total. The first-order chi connectivity index (χ1) is 7.75. The Morgan fingerprint density at radius 2 is 2.06 bits per heavy atom. The van der Waals surface area contributed by atoms with E-state index in [1.165, 1.54) is 6.08 Å². The summed E-state index contributed by atoms with van der Waals surface area (Å²) in [5.74, 6) is -0.152. The number of hydrogen-bond acceptors (Lipinski definition) is 3. The number of para-hydroxylation sites is 1. The second kappa shape index (κ2) is 4.57. The van der Waals surface area contributed by atoms with E-state index in [9.17, 15) is 9.59 Å². The predicted molar refractivity (Wildman–Crippen MR) is 56.0 cm³/mol. The molecule has 1 aromatic rings. The lowest BCUT2D eigenvalue weighted by Crippen LogP contribution is -2.19.